The molecular weight excluding hydrogens is 348 g/mol. The number of fused-ring (bicyclic) bond motifs is 1. The molecule has 1 aromatic carbocycles. The summed E-state index contributed by atoms with van der Waals surface area (Å²) in [7, 11) is 4.65. The van der Waals surface area contributed by atoms with Crippen molar-refractivity contribution in [2.24, 2.45) is 0 Å². The molecule has 0 radical (unpaired) electrons. The number of methoxy groups -OCH3 is 3. The molecule has 3 N–H and O–H groups in total. The third-order valence-electron chi connectivity index (χ3n) is 3.92. The van der Waals surface area contributed by atoms with Crippen LogP contribution in [0.1, 0.15) is 12.5 Å². The highest BCUT2D eigenvalue weighted by molar-refractivity contribution is 5.93. The van der Waals surface area contributed by atoms with Crippen molar-refractivity contribution in [2.45, 2.75) is 6.92 Å². The van der Waals surface area contributed by atoms with Crippen LogP contribution in [0.5, 0.6) is 17.2 Å². The van der Waals surface area contributed by atoms with E-state index in [4.69, 9.17) is 14.2 Å². The maximum absolute atomic E-state index is 9.28. The van der Waals surface area contributed by atoms with E-state index in [9.17, 15) is 5.26 Å². The number of hydrogen-bond acceptors (Lipinski definition) is 8. The molecule has 0 saturated heterocycles. The van der Waals surface area contributed by atoms with Crippen LogP contribution in [0.4, 0.5) is 17.5 Å². The topological polar surface area (TPSA) is 117 Å². The summed E-state index contributed by atoms with van der Waals surface area (Å²) in [5.41, 5.74) is 1.71. The van der Waals surface area contributed by atoms with Crippen LogP contribution in [-0.2, 0) is 0 Å². The number of nitriles is 1. The minimum atomic E-state index is 0.360. The fourth-order valence-electron chi connectivity index (χ4n) is 2.75. The maximum Gasteiger partial charge on any atom is 0.231 e. The number of nitrogens with one attached hydrogen (secondary N) is 3. The number of hydrogen-bond donors (Lipinski definition) is 3. The third kappa shape index (κ3) is 3.37. The van der Waals surface area contributed by atoms with Gasteiger partial charge in [-0.15, -0.1) is 0 Å². The number of aromatic amines is 1. The Balaban J connectivity index is 2.05. The molecule has 3 aromatic rings. The molecule has 9 nitrogen and oxygen atoms in total. The van der Waals surface area contributed by atoms with E-state index in [1.165, 1.54) is 0 Å². The molecular formula is C18H20N6O3. The van der Waals surface area contributed by atoms with Crippen LogP contribution in [0.25, 0.3) is 11.0 Å². The average molecular weight is 368 g/mol. The number of benzene rings is 1. The summed E-state index contributed by atoms with van der Waals surface area (Å²) in [6.07, 6.45) is 1.61. The number of H-pyrrole nitrogens is 1. The van der Waals surface area contributed by atoms with Crippen molar-refractivity contribution in [2.75, 3.05) is 38.5 Å². The van der Waals surface area contributed by atoms with Gasteiger partial charge in [-0.05, 0) is 6.92 Å². The maximum atomic E-state index is 9.28. The Labute approximate surface area is 156 Å². The van der Waals surface area contributed by atoms with Crippen LogP contribution in [0, 0.1) is 11.3 Å². The van der Waals surface area contributed by atoms with Gasteiger partial charge in [0.05, 0.1) is 32.3 Å². The SMILES string of the molecule is CCNc1nc(Nc2cc(OC)c(OC)c(OC)c2)nc2[nH]cc(C#N)c12. The van der Waals surface area contributed by atoms with Crippen molar-refractivity contribution in [3.05, 3.63) is 23.9 Å². The molecule has 0 saturated carbocycles. The Kier molecular flexibility index (Phi) is 5.17. The lowest BCUT2D eigenvalue weighted by Crippen LogP contribution is -2.05. The van der Waals surface area contributed by atoms with Crippen molar-refractivity contribution < 1.29 is 14.2 Å². The summed E-state index contributed by atoms with van der Waals surface area (Å²) in [6, 6.07) is 5.66. The standard InChI is InChI=1S/C18H20N6O3/c1-5-20-16-14-10(8-19)9-21-17(14)24-18(23-16)22-11-6-12(25-2)15(27-4)13(7-11)26-3/h6-7,9H,5H2,1-4H3,(H3,20,21,22,23,24). The van der Waals surface area contributed by atoms with Gasteiger partial charge in [-0.2, -0.15) is 15.2 Å². The fraction of sp³-hybridized carbons (Fsp3) is 0.278. The Hall–Kier alpha value is -3.67. The van der Waals surface area contributed by atoms with Gasteiger partial charge in [-0.3, -0.25) is 0 Å². The molecule has 0 aliphatic heterocycles. The van der Waals surface area contributed by atoms with Crippen LogP contribution in [0.3, 0.4) is 0 Å². The molecule has 0 amide bonds. The molecule has 2 aromatic heterocycles. The molecule has 2 heterocycles. The molecule has 140 valence electrons. The van der Waals surface area contributed by atoms with Gasteiger partial charge in [0.25, 0.3) is 0 Å². The van der Waals surface area contributed by atoms with E-state index in [0.717, 1.165) is 0 Å². The van der Waals surface area contributed by atoms with Gasteiger partial charge in [0, 0.05) is 30.6 Å². The molecule has 27 heavy (non-hydrogen) atoms. The Morgan fingerprint density at radius 2 is 1.81 bits per heavy atom. The predicted octanol–water partition coefficient (Wildman–Crippen LogP) is 3.03. The Bertz CT molecular complexity index is 983. The number of rotatable bonds is 7. The summed E-state index contributed by atoms with van der Waals surface area (Å²) in [5.74, 6) is 2.46. The van der Waals surface area contributed by atoms with Crippen molar-refractivity contribution in [3.63, 3.8) is 0 Å². The number of nitrogens with zero attached hydrogens (tertiary/aromatic N) is 3. The van der Waals surface area contributed by atoms with Crippen LogP contribution < -0.4 is 24.8 Å². The first kappa shape index (κ1) is 18.1. The zero-order valence-corrected chi connectivity index (χ0v) is 15.5. The van der Waals surface area contributed by atoms with Crippen LogP contribution >= 0.6 is 0 Å². The van der Waals surface area contributed by atoms with E-state index < -0.39 is 0 Å². The molecule has 0 atom stereocenters. The molecule has 0 bridgehead atoms. The molecule has 0 aliphatic carbocycles. The minimum absolute atomic E-state index is 0.360. The zero-order valence-electron chi connectivity index (χ0n) is 15.5. The van der Waals surface area contributed by atoms with Crippen molar-refractivity contribution in [1.82, 2.24) is 15.0 Å². The second-order valence-corrected chi connectivity index (χ2v) is 5.50. The lowest BCUT2D eigenvalue weighted by molar-refractivity contribution is 0.324. The van der Waals surface area contributed by atoms with Gasteiger partial charge in [-0.1, -0.05) is 0 Å². The second-order valence-electron chi connectivity index (χ2n) is 5.50. The van der Waals surface area contributed by atoms with Crippen molar-refractivity contribution >= 4 is 28.5 Å². The number of aromatic nitrogens is 3. The zero-order chi connectivity index (χ0) is 19.4. The Morgan fingerprint density at radius 1 is 1.11 bits per heavy atom. The van der Waals surface area contributed by atoms with E-state index in [-0.39, 0.29) is 0 Å². The lowest BCUT2D eigenvalue weighted by atomic mass is 10.2. The van der Waals surface area contributed by atoms with Gasteiger partial charge < -0.3 is 29.8 Å². The van der Waals surface area contributed by atoms with E-state index >= 15 is 0 Å². The summed E-state index contributed by atoms with van der Waals surface area (Å²) in [6.45, 7) is 2.62. The van der Waals surface area contributed by atoms with Gasteiger partial charge in [0.2, 0.25) is 11.7 Å². The van der Waals surface area contributed by atoms with E-state index in [1.54, 1.807) is 39.7 Å². The largest absolute Gasteiger partial charge is 0.493 e. The highest BCUT2D eigenvalue weighted by atomic mass is 16.5. The van der Waals surface area contributed by atoms with Gasteiger partial charge in [0.1, 0.15) is 17.5 Å². The monoisotopic (exact) mass is 368 g/mol. The first-order chi connectivity index (χ1) is 13.1. The summed E-state index contributed by atoms with van der Waals surface area (Å²) in [5, 5.41) is 16.3. The molecule has 0 spiro atoms. The fourth-order valence-corrected chi connectivity index (χ4v) is 2.75. The third-order valence-corrected chi connectivity index (χ3v) is 3.92. The summed E-state index contributed by atoms with van der Waals surface area (Å²) in [4.78, 5) is 12.0. The van der Waals surface area contributed by atoms with Crippen molar-refractivity contribution in [3.8, 4) is 23.3 Å². The van der Waals surface area contributed by atoms with Gasteiger partial charge in [-0.25, -0.2) is 0 Å². The molecule has 0 fully saturated rings. The highest BCUT2D eigenvalue weighted by Gasteiger charge is 2.16. The smallest absolute Gasteiger partial charge is 0.231 e. The molecule has 0 unspecified atom stereocenters. The molecule has 0 aliphatic rings. The lowest BCUT2D eigenvalue weighted by Gasteiger charge is -2.15. The first-order valence-corrected chi connectivity index (χ1v) is 8.25. The van der Waals surface area contributed by atoms with Crippen LogP contribution in [0.15, 0.2) is 18.3 Å². The second kappa shape index (κ2) is 7.70. The number of ether oxygens (including phenoxy) is 3. The summed E-state index contributed by atoms with van der Waals surface area (Å²) >= 11 is 0. The van der Waals surface area contributed by atoms with Crippen molar-refractivity contribution in [1.29, 1.82) is 5.26 Å². The normalized spacial score (nSPS) is 10.3. The van der Waals surface area contributed by atoms with Gasteiger partial charge in [0.15, 0.2) is 11.5 Å². The molecule has 3 rings (SSSR count). The molecule has 9 heteroatoms. The highest BCUT2D eigenvalue weighted by Crippen LogP contribution is 2.40. The average Bonchev–Trinajstić information content (AvgIpc) is 3.10. The van der Waals surface area contributed by atoms with Crippen LogP contribution in [-0.4, -0.2) is 42.8 Å². The minimum Gasteiger partial charge on any atom is -0.493 e. The Morgan fingerprint density at radius 3 is 2.37 bits per heavy atom. The van der Waals surface area contributed by atoms with Crippen LogP contribution in [0.2, 0.25) is 0 Å². The first-order valence-electron chi connectivity index (χ1n) is 8.25. The van der Waals surface area contributed by atoms with E-state index in [0.29, 0.717) is 57.8 Å². The predicted molar refractivity (Wildman–Crippen MR) is 102 cm³/mol. The quantitative estimate of drug-likeness (QED) is 0.582. The summed E-state index contributed by atoms with van der Waals surface area (Å²) < 4.78 is 16.1. The van der Waals surface area contributed by atoms with Gasteiger partial charge >= 0.3 is 0 Å². The van der Waals surface area contributed by atoms with E-state index in [1.807, 2.05) is 6.92 Å². The number of anilines is 3. The van der Waals surface area contributed by atoms with E-state index in [2.05, 4.69) is 31.7 Å².